The molecule has 1 amide bonds. The van der Waals surface area contributed by atoms with Crippen LogP contribution in [0.3, 0.4) is 0 Å². The molecule has 0 atom stereocenters. The third-order valence-corrected chi connectivity index (χ3v) is 5.17. The lowest BCUT2D eigenvalue weighted by atomic mass is 10.1. The molecule has 0 bridgehead atoms. The highest BCUT2D eigenvalue weighted by atomic mass is 32.1. The van der Waals surface area contributed by atoms with Gasteiger partial charge in [0.25, 0.3) is 5.91 Å². The van der Waals surface area contributed by atoms with Crippen LogP contribution in [0.4, 0.5) is 0 Å². The number of aromatic nitrogens is 2. The summed E-state index contributed by atoms with van der Waals surface area (Å²) in [7, 11) is 0. The van der Waals surface area contributed by atoms with E-state index in [2.05, 4.69) is 20.6 Å². The molecule has 4 rings (SSSR count). The van der Waals surface area contributed by atoms with Gasteiger partial charge < -0.3 is 20.7 Å². The predicted molar refractivity (Wildman–Crippen MR) is 94.4 cm³/mol. The third-order valence-electron chi connectivity index (χ3n) is 4.30. The van der Waals surface area contributed by atoms with Gasteiger partial charge in [-0.1, -0.05) is 6.07 Å². The second-order valence-corrected chi connectivity index (χ2v) is 6.86. The van der Waals surface area contributed by atoms with E-state index in [1.54, 1.807) is 17.4 Å². The van der Waals surface area contributed by atoms with Gasteiger partial charge in [-0.05, 0) is 49.5 Å². The summed E-state index contributed by atoms with van der Waals surface area (Å²) in [4.78, 5) is 21.3. The van der Waals surface area contributed by atoms with Gasteiger partial charge in [0, 0.05) is 6.04 Å². The first-order valence-corrected chi connectivity index (χ1v) is 8.87. The fraction of sp³-hybridized carbons (Fsp3) is 0.294. The molecule has 3 heterocycles. The van der Waals surface area contributed by atoms with Crippen molar-refractivity contribution < 1.29 is 9.90 Å². The third kappa shape index (κ3) is 2.76. The van der Waals surface area contributed by atoms with Gasteiger partial charge in [-0.15, -0.1) is 11.3 Å². The van der Waals surface area contributed by atoms with E-state index >= 15 is 0 Å². The van der Waals surface area contributed by atoms with Gasteiger partial charge in [-0.3, -0.25) is 4.79 Å². The van der Waals surface area contributed by atoms with Gasteiger partial charge in [-0.2, -0.15) is 0 Å². The summed E-state index contributed by atoms with van der Waals surface area (Å²) in [6, 6.07) is 7.24. The number of carbonyl (C=O) groups is 1. The van der Waals surface area contributed by atoms with E-state index in [-0.39, 0.29) is 17.7 Å². The lowest BCUT2D eigenvalue weighted by Crippen LogP contribution is -2.42. The fourth-order valence-electron chi connectivity index (χ4n) is 3.02. The van der Waals surface area contributed by atoms with Crippen molar-refractivity contribution in [2.24, 2.45) is 0 Å². The topological polar surface area (TPSA) is 90.0 Å². The summed E-state index contributed by atoms with van der Waals surface area (Å²) < 4.78 is 0. The zero-order valence-electron chi connectivity index (χ0n) is 13.0. The Kier molecular flexibility index (Phi) is 3.95. The van der Waals surface area contributed by atoms with E-state index in [9.17, 15) is 9.90 Å². The number of hydrogen-bond acceptors (Lipinski definition) is 5. The van der Waals surface area contributed by atoms with Crippen LogP contribution in [0.1, 0.15) is 23.2 Å². The van der Waals surface area contributed by atoms with Crippen LogP contribution in [0.5, 0.6) is 5.75 Å². The molecule has 1 aliphatic rings. The number of piperidine rings is 1. The van der Waals surface area contributed by atoms with Gasteiger partial charge in [0.05, 0.1) is 10.4 Å². The molecule has 3 aromatic rings. The van der Waals surface area contributed by atoms with Gasteiger partial charge >= 0.3 is 0 Å². The minimum absolute atomic E-state index is 0.0960. The van der Waals surface area contributed by atoms with Gasteiger partial charge in [-0.25, -0.2) is 4.98 Å². The molecule has 124 valence electrons. The van der Waals surface area contributed by atoms with E-state index in [1.165, 1.54) is 6.07 Å². The summed E-state index contributed by atoms with van der Waals surface area (Å²) >= 11 is 1.56. The molecule has 1 aliphatic heterocycles. The number of aromatic amines is 1. The number of phenolic OH excluding ortho intramolecular Hbond substituents is 1. The van der Waals surface area contributed by atoms with Crippen LogP contribution in [0.15, 0.2) is 29.6 Å². The van der Waals surface area contributed by atoms with Crippen molar-refractivity contribution in [2.45, 2.75) is 18.9 Å². The SMILES string of the molecule is O=C(NC1CCNCC1)c1ccc(O)c2[nH]c(-c3cccs3)nc12. The summed E-state index contributed by atoms with van der Waals surface area (Å²) in [5.41, 5.74) is 1.49. The zero-order valence-corrected chi connectivity index (χ0v) is 13.8. The Morgan fingerprint density at radius 2 is 2.12 bits per heavy atom. The molecule has 1 saturated heterocycles. The number of hydrogen-bond donors (Lipinski definition) is 4. The first-order chi connectivity index (χ1) is 11.7. The van der Waals surface area contributed by atoms with E-state index in [0.717, 1.165) is 30.8 Å². The molecular weight excluding hydrogens is 324 g/mol. The van der Waals surface area contributed by atoms with E-state index in [4.69, 9.17) is 0 Å². The van der Waals surface area contributed by atoms with Crippen LogP contribution in [-0.2, 0) is 0 Å². The maximum Gasteiger partial charge on any atom is 0.253 e. The first-order valence-electron chi connectivity index (χ1n) is 7.99. The van der Waals surface area contributed by atoms with E-state index in [0.29, 0.717) is 22.4 Å². The number of carbonyl (C=O) groups excluding carboxylic acids is 1. The van der Waals surface area contributed by atoms with Crippen LogP contribution < -0.4 is 10.6 Å². The van der Waals surface area contributed by atoms with Crippen molar-refractivity contribution in [1.29, 1.82) is 0 Å². The van der Waals surface area contributed by atoms with Crippen molar-refractivity contribution >= 4 is 28.3 Å². The number of phenols is 1. The van der Waals surface area contributed by atoms with Crippen LogP contribution in [0, 0.1) is 0 Å². The van der Waals surface area contributed by atoms with Crippen LogP contribution in [0.2, 0.25) is 0 Å². The average molecular weight is 342 g/mol. The number of nitrogens with zero attached hydrogens (tertiary/aromatic N) is 1. The highest BCUT2D eigenvalue weighted by Gasteiger charge is 2.21. The van der Waals surface area contributed by atoms with Crippen molar-refractivity contribution in [3.8, 4) is 16.5 Å². The minimum Gasteiger partial charge on any atom is -0.506 e. The van der Waals surface area contributed by atoms with Crippen molar-refractivity contribution in [3.63, 3.8) is 0 Å². The van der Waals surface area contributed by atoms with Gasteiger partial charge in [0.15, 0.2) is 0 Å². The lowest BCUT2D eigenvalue weighted by molar-refractivity contribution is 0.0931. The fourth-order valence-corrected chi connectivity index (χ4v) is 3.69. The number of aromatic hydroxyl groups is 1. The molecule has 1 fully saturated rings. The molecule has 0 spiro atoms. The highest BCUT2D eigenvalue weighted by Crippen LogP contribution is 2.30. The quantitative estimate of drug-likeness (QED) is 0.589. The monoisotopic (exact) mass is 342 g/mol. The minimum atomic E-state index is -0.142. The number of rotatable bonds is 3. The maximum absolute atomic E-state index is 12.7. The summed E-state index contributed by atoms with van der Waals surface area (Å²) in [5, 5.41) is 18.4. The normalized spacial score (nSPS) is 15.7. The second kappa shape index (κ2) is 6.26. The molecule has 24 heavy (non-hydrogen) atoms. The molecule has 4 N–H and O–H groups in total. The van der Waals surface area contributed by atoms with E-state index in [1.807, 2.05) is 17.5 Å². The summed E-state index contributed by atoms with van der Waals surface area (Å²) in [5.74, 6) is 0.618. The van der Waals surface area contributed by atoms with E-state index < -0.39 is 0 Å². The first kappa shape index (κ1) is 15.2. The van der Waals surface area contributed by atoms with Gasteiger partial charge in [0.1, 0.15) is 22.6 Å². The molecular formula is C17H18N4O2S. The number of fused-ring (bicyclic) bond motifs is 1. The number of thiophene rings is 1. The number of nitrogens with one attached hydrogen (secondary N) is 3. The molecule has 0 saturated carbocycles. The molecule has 0 aliphatic carbocycles. The number of imidazole rings is 1. The predicted octanol–water partition coefficient (Wildman–Crippen LogP) is 2.48. The molecule has 7 heteroatoms. The highest BCUT2D eigenvalue weighted by molar-refractivity contribution is 7.13. The Balaban J connectivity index is 1.69. The van der Waals surface area contributed by atoms with Crippen LogP contribution in [0.25, 0.3) is 21.7 Å². The Labute approximate surface area is 142 Å². The van der Waals surface area contributed by atoms with Crippen LogP contribution in [-0.4, -0.2) is 40.1 Å². The number of amides is 1. The number of benzene rings is 1. The Bertz CT molecular complexity index is 866. The molecule has 1 aromatic carbocycles. The number of H-pyrrole nitrogens is 1. The summed E-state index contributed by atoms with van der Waals surface area (Å²) in [6.07, 6.45) is 1.85. The Morgan fingerprint density at radius 1 is 1.29 bits per heavy atom. The molecule has 2 aromatic heterocycles. The van der Waals surface area contributed by atoms with Crippen molar-refractivity contribution in [1.82, 2.24) is 20.6 Å². The smallest absolute Gasteiger partial charge is 0.253 e. The molecule has 0 radical (unpaired) electrons. The van der Waals surface area contributed by atoms with Gasteiger partial charge in [0.2, 0.25) is 0 Å². The largest absolute Gasteiger partial charge is 0.506 e. The standard InChI is InChI=1S/C17H18N4O2S/c22-12-4-3-11(17(23)19-10-5-7-18-8-6-10)14-15(12)21-16(20-14)13-2-1-9-24-13/h1-4,9-10,18,22H,5-8H2,(H,19,23)(H,20,21). The Morgan fingerprint density at radius 3 is 2.88 bits per heavy atom. The van der Waals surface area contributed by atoms with Crippen molar-refractivity contribution in [2.75, 3.05) is 13.1 Å². The Hall–Kier alpha value is -2.38. The zero-order chi connectivity index (χ0) is 16.5. The summed E-state index contributed by atoms with van der Waals surface area (Å²) in [6.45, 7) is 1.84. The van der Waals surface area contributed by atoms with Crippen LogP contribution >= 0.6 is 11.3 Å². The second-order valence-electron chi connectivity index (χ2n) is 5.92. The van der Waals surface area contributed by atoms with Crippen molar-refractivity contribution in [3.05, 3.63) is 35.2 Å². The lowest BCUT2D eigenvalue weighted by Gasteiger charge is -2.23. The average Bonchev–Trinajstić information content (AvgIpc) is 3.26. The maximum atomic E-state index is 12.7. The molecule has 0 unspecified atom stereocenters. The molecule has 6 nitrogen and oxygen atoms in total.